The molecule has 112 valence electrons. The molecule has 2 rings (SSSR count). The Morgan fingerprint density at radius 1 is 1.35 bits per heavy atom. The van der Waals surface area contributed by atoms with E-state index in [0.717, 1.165) is 23.3 Å². The fourth-order valence-electron chi connectivity index (χ4n) is 2.66. The number of carbonyl (C=O) groups excluding carboxylic acids is 1. The standard InChI is InChI=1S/C15H24BrN3O/c1-12(2)19-11-13(16)10-14(19)15(20)17-6-9-18-7-4-3-5-8-18/h10-12H,3-9H2,1-2H3,(H,17,20). The number of piperidine rings is 1. The van der Waals surface area contributed by atoms with E-state index in [1.165, 1.54) is 32.4 Å². The van der Waals surface area contributed by atoms with E-state index in [4.69, 9.17) is 0 Å². The predicted octanol–water partition coefficient (Wildman–Crippen LogP) is 3.05. The van der Waals surface area contributed by atoms with Crippen LogP contribution in [-0.4, -0.2) is 41.6 Å². The van der Waals surface area contributed by atoms with Crippen LogP contribution in [0.1, 0.15) is 49.6 Å². The zero-order chi connectivity index (χ0) is 14.5. The lowest BCUT2D eigenvalue weighted by Crippen LogP contribution is -2.38. The van der Waals surface area contributed by atoms with Gasteiger partial charge in [0.15, 0.2) is 0 Å². The minimum Gasteiger partial charge on any atom is -0.349 e. The van der Waals surface area contributed by atoms with E-state index < -0.39 is 0 Å². The summed E-state index contributed by atoms with van der Waals surface area (Å²) in [6.45, 7) is 8.18. The lowest BCUT2D eigenvalue weighted by molar-refractivity contribution is 0.0936. The molecular formula is C15H24BrN3O. The van der Waals surface area contributed by atoms with Gasteiger partial charge in [-0.2, -0.15) is 0 Å². The van der Waals surface area contributed by atoms with Crippen molar-refractivity contribution in [3.8, 4) is 0 Å². The highest BCUT2D eigenvalue weighted by Crippen LogP contribution is 2.19. The summed E-state index contributed by atoms with van der Waals surface area (Å²) in [6, 6.07) is 2.17. The molecule has 1 aliphatic heterocycles. The Morgan fingerprint density at radius 2 is 2.05 bits per heavy atom. The number of halogens is 1. The van der Waals surface area contributed by atoms with Crippen molar-refractivity contribution in [2.24, 2.45) is 0 Å². The second kappa shape index (κ2) is 7.27. The van der Waals surface area contributed by atoms with E-state index in [-0.39, 0.29) is 11.9 Å². The predicted molar refractivity (Wildman–Crippen MR) is 85.1 cm³/mol. The summed E-state index contributed by atoms with van der Waals surface area (Å²) < 4.78 is 2.95. The van der Waals surface area contributed by atoms with E-state index >= 15 is 0 Å². The Bertz CT molecular complexity index is 450. The number of rotatable bonds is 5. The number of hydrogen-bond acceptors (Lipinski definition) is 2. The van der Waals surface area contributed by atoms with Crippen LogP contribution in [-0.2, 0) is 0 Å². The van der Waals surface area contributed by atoms with Crippen molar-refractivity contribution in [2.75, 3.05) is 26.2 Å². The minimum atomic E-state index is 0.0152. The molecule has 1 fully saturated rings. The van der Waals surface area contributed by atoms with Gasteiger partial charge in [-0.25, -0.2) is 0 Å². The first-order valence-electron chi connectivity index (χ1n) is 7.46. The van der Waals surface area contributed by atoms with Gasteiger partial charge in [0.25, 0.3) is 5.91 Å². The molecule has 0 unspecified atom stereocenters. The maximum Gasteiger partial charge on any atom is 0.268 e. The molecule has 1 amide bonds. The van der Waals surface area contributed by atoms with Crippen LogP contribution in [0.4, 0.5) is 0 Å². The first-order valence-corrected chi connectivity index (χ1v) is 8.25. The summed E-state index contributed by atoms with van der Waals surface area (Å²) in [5.74, 6) is 0.0152. The van der Waals surface area contributed by atoms with Gasteiger partial charge in [-0.3, -0.25) is 4.79 Å². The van der Waals surface area contributed by atoms with Crippen LogP contribution in [0, 0.1) is 0 Å². The van der Waals surface area contributed by atoms with Gasteiger partial charge in [0, 0.05) is 29.8 Å². The van der Waals surface area contributed by atoms with E-state index in [2.05, 4.69) is 40.0 Å². The number of nitrogens with one attached hydrogen (secondary N) is 1. The van der Waals surface area contributed by atoms with Crippen LogP contribution >= 0.6 is 15.9 Å². The first-order chi connectivity index (χ1) is 9.58. The van der Waals surface area contributed by atoms with Crippen molar-refractivity contribution in [1.29, 1.82) is 0 Å². The quantitative estimate of drug-likeness (QED) is 0.893. The second-order valence-corrected chi connectivity index (χ2v) is 6.62. The van der Waals surface area contributed by atoms with Gasteiger partial charge in [0.05, 0.1) is 0 Å². The number of likely N-dealkylation sites (tertiary alicyclic amines) is 1. The van der Waals surface area contributed by atoms with Crippen molar-refractivity contribution >= 4 is 21.8 Å². The molecule has 4 nitrogen and oxygen atoms in total. The Morgan fingerprint density at radius 3 is 2.70 bits per heavy atom. The van der Waals surface area contributed by atoms with Gasteiger partial charge in [0.2, 0.25) is 0 Å². The van der Waals surface area contributed by atoms with E-state index in [9.17, 15) is 4.79 Å². The molecule has 1 aliphatic rings. The highest BCUT2D eigenvalue weighted by Gasteiger charge is 2.15. The number of carbonyl (C=O) groups is 1. The van der Waals surface area contributed by atoms with Gasteiger partial charge >= 0.3 is 0 Å². The molecule has 5 heteroatoms. The summed E-state index contributed by atoms with van der Waals surface area (Å²) >= 11 is 3.44. The maximum absolute atomic E-state index is 12.3. The third-order valence-electron chi connectivity index (χ3n) is 3.77. The summed E-state index contributed by atoms with van der Waals surface area (Å²) in [5, 5.41) is 3.03. The number of aromatic nitrogens is 1. The molecule has 0 aliphatic carbocycles. The van der Waals surface area contributed by atoms with E-state index in [1.807, 2.05) is 16.8 Å². The third kappa shape index (κ3) is 4.09. The fraction of sp³-hybridized carbons (Fsp3) is 0.667. The van der Waals surface area contributed by atoms with Crippen LogP contribution in [0.2, 0.25) is 0 Å². The maximum atomic E-state index is 12.3. The zero-order valence-corrected chi connectivity index (χ0v) is 13.9. The zero-order valence-electron chi connectivity index (χ0n) is 12.4. The fourth-order valence-corrected chi connectivity index (χ4v) is 3.09. The molecule has 0 saturated carbocycles. The Kier molecular flexibility index (Phi) is 5.66. The molecule has 1 saturated heterocycles. The first kappa shape index (κ1) is 15.6. The third-order valence-corrected chi connectivity index (χ3v) is 4.20. The largest absolute Gasteiger partial charge is 0.349 e. The van der Waals surface area contributed by atoms with Gasteiger partial charge in [-0.15, -0.1) is 0 Å². The van der Waals surface area contributed by atoms with Crippen molar-refractivity contribution in [3.05, 3.63) is 22.4 Å². The molecule has 1 N–H and O–H groups in total. The van der Waals surface area contributed by atoms with Crippen LogP contribution < -0.4 is 5.32 Å². The topological polar surface area (TPSA) is 37.3 Å². The molecule has 0 spiro atoms. The number of nitrogens with zero attached hydrogens (tertiary/aromatic N) is 2. The van der Waals surface area contributed by atoms with Gasteiger partial charge < -0.3 is 14.8 Å². The minimum absolute atomic E-state index is 0.0152. The van der Waals surface area contributed by atoms with Crippen molar-refractivity contribution in [2.45, 2.75) is 39.2 Å². The average Bonchev–Trinajstić information content (AvgIpc) is 2.82. The van der Waals surface area contributed by atoms with Gasteiger partial charge in [0.1, 0.15) is 5.69 Å². The normalized spacial score (nSPS) is 16.6. The van der Waals surface area contributed by atoms with E-state index in [0.29, 0.717) is 0 Å². The average molecular weight is 342 g/mol. The molecule has 0 radical (unpaired) electrons. The molecule has 0 bridgehead atoms. The molecule has 0 atom stereocenters. The molecule has 1 aromatic rings. The van der Waals surface area contributed by atoms with Crippen LogP contribution in [0.25, 0.3) is 0 Å². The van der Waals surface area contributed by atoms with Crippen molar-refractivity contribution in [3.63, 3.8) is 0 Å². The van der Waals surface area contributed by atoms with E-state index in [1.54, 1.807) is 0 Å². The second-order valence-electron chi connectivity index (χ2n) is 5.70. The van der Waals surface area contributed by atoms with Crippen LogP contribution in [0.3, 0.4) is 0 Å². The monoisotopic (exact) mass is 341 g/mol. The van der Waals surface area contributed by atoms with Gasteiger partial charge in [-0.1, -0.05) is 6.42 Å². The Hall–Kier alpha value is -0.810. The lowest BCUT2D eigenvalue weighted by atomic mass is 10.1. The SMILES string of the molecule is CC(C)n1cc(Br)cc1C(=O)NCCN1CCCCC1. The molecule has 2 heterocycles. The Labute approximate surface area is 129 Å². The van der Waals surface area contributed by atoms with Crippen LogP contribution in [0.15, 0.2) is 16.7 Å². The number of amides is 1. The van der Waals surface area contributed by atoms with Crippen LogP contribution in [0.5, 0.6) is 0 Å². The summed E-state index contributed by atoms with van der Waals surface area (Å²) in [7, 11) is 0. The molecule has 20 heavy (non-hydrogen) atoms. The van der Waals surface area contributed by atoms with Gasteiger partial charge in [-0.05, 0) is 61.8 Å². The highest BCUT2D eigenvalue weighted by atomic mass is 79.9. The summed E-state index contributed by atoms with van der Waals surface area (Å²) in [5.41, 5.74) is 0.727. The van der Waals surface area contributed by atoms with Crippen molar-refractivity contribution in [1.82, 2.24) is 14.8 Å². The molecule has 0 aromatic carbocycles. The number of hydrogen-bond donors (Lipinski definition) is 1. The Balaban J connectivity index is 1.85. The van der Waals surface area contributed by atoms with Crippen molar-refractivity contribution < 1.29 is 4.79 Å². The summed E-state index contributed by atoms with van der Waals surface area (Å²) in [6.07, 6.45) is 5.89. The summed E-state index contributed by atoms with van der Waals surface area (Å²) in [4.78, 5) is 14.7. The highest BCUT2D eigenvalue weighted by molar-refractivity contribution is 9.10. The molecule has 1 aromatic heterocycles. The molecular weight excluding hydrogens is 318 g/mol. The lowest BCUT2D eigenvalue weighted by Gasteiger charge is -2.26. The smallest absolute Gasteiger partial charge is 0.268 e.